The third-order valence-corrected chi connectivity index (χ3v) is 3.74. The maximum absolute atomic E-state index is 3.10. The molecule has 0 heteroatoms. The van der Waals surface area contributed by atoms with Crippen LogP contribution >= 0.6 is 0 Å². The Balaban J connectivity index is 2.29. The van der Waals surface area contributed by atoms with Crippen molar-refractivity contribution in [2.24, 2.45) is 0 Å². The molecule has 0 unspecified atom stereocenters. The van der Waals surface area contributed by atoms with Crippen LogP contribution in [0.15, 0.2) is 42.5 Å². The molecule has 0 saturated heterocycles. The van der Waals surface area contributed by atoms with E-state index in [1.54, 1.807) is 0 Å². The van der Waals surface area contributed by atoms with Gasteiger partial charge in [-0.2, -0.15) is 0 Å². The lowest BCUT2D eigenvalue weighted by Gasteiger charge is -2.10. The number of hydrogen-bond donors (Lipinski definition) is 0. The average Bonchev–Trinajstić information content (AvgIpc) is 2.51. The van der Waals surface area contributed by atoms with Gasteiger partial charge in [0.1, 0.15) is 0 Å². The van der Waals surface area contributed by atoms with E-state index in [1.807, 2.05) is 12.1 Å². The van der Waals surface area contributed by atoms with E-state index in [2.05, 4.69) is 50.2 Å². The summed E-state index contributed by atoms with van der Waals surface area (Å²) in [7, 11) is 0. The van der Waals surface area contributed by atoms with Crippen molar-refractivity contribution >= 4 is 0 Å². The third-order valence-electron chi connectivity index (χ3n) is 3.74. The Kier molecular flexibility index (Phi) is 5.86. The van der Waals surface area contributed by atoms with Gasteiger partial charge in [0.15, 0.2) is 0 Å². The van der Waals surface area contributed by atoms with Crippen LogP contribution in [0.25, 0.3) is 11.1 Å². The molecule has 0 spiro atoms. The van der Waals surface area contributed by atoms with Gasteiger partial charge in [0.25, 0.3) is 0 Å². The van der Waals surface area contributed by atoms with Gasteiger partial charge >= 0.3 is 0 Å². The van der Waals surface area contributed by atoms with Crippen LogP contribution in [-0.4, -0.2) is 0 Å². The molecule has 0 saturated carbocycles. The predicted octanol–water partition coefficient (Wildman–Crippen LogP) is 5.84. The van der Waals surface area contributed by atoms with Crippen molar-refractivity contribution in [2.45, 2.75) is 52.4 Å². The molecule has 0 aromatic heterocycles. The molecule has 0 aliphatic heterocycles. The fraction of sp³-hybridized carbons (Fsp3) is 0.400. The van der Waals surface area contributed by atoms with Crippen LogP contribution in [0, 0.1) is 6.07 Å². The zero-order valence-electron chi connectivity index (χ0n) is 12.8. The summed E-state index contributed by atoms with van der Waals surface area (Å²) in [4.78, 5) is 0. The molecule has 0 bridgehead atoms. The van der Waals surface area contributed by atoms with Crippen LogP contribution in [0.4, 0.5) is 0 Å². The number of hydrogen-bond acceptors (Lipinski definition) is 0. The molecule has 0 N–H and O–H groups in total. The lowest BCUT2D eigenvalue weighted by molar-refractivity contribution is 0.781. The minimum absolute atomic E-state index is 1.20. The number of benzene rings is 2. The fourth-order valence-corrected chi connectivity index (χ4v) is 2.56. The molecule has 0 heterocycles. The van der Waals surface area contributed by atoms with Crippen molar-refractivity contribution in [1.82, 2.24) is 0 Å². The van der Waals surface area contributed by atoms with E-state index < -0.39 is 0 Å². The Hall–Kier alpha value is -1.56. The summed E-state index contributed by atoms with van der Waals surface area (Å²) in [6, 6.07) is 18.5. The van der Waals surface area contributed by atoms with Crippen LogP contribution in [0.2, 0.25) is 0 Å². The highest BCUT2D eigenvalue weighted by atomic mass is 14.1. The van der Waals surface area contributed by atoms with Gasteiger partial charge in [0, 0.05) is 0 Å². The molecular formula is C20H25. The molecule has 0 amide bonds. The topological polar surface area (TPSA) is 0 Å². The van der Waals surface area contributed by atoms with Gasteiger partial charge in [-0.3, -0.25) is 0 Å². The largest absolute Gasteiger partial charge is 0.0654 e. The van der Waals surface area contributed by atoms with Gasteiger partial charge < -0.3 is 0 Å². The first kappa shape index (κ1) is 14.8. The van der Waals surface area contributed by atoms with Crippen molar-refractivity contribution in [3.8, 4) is 11.1 Å². The van der Waals surface area contributed by atoms with E-state index in [-0.39, 0.29) is 0 Å². The van der Waals surface area contributed by atoms with Crippen molar-refractivity contribution in [3.05, 3.63) is 59.7 Å². The second-order valence-corrected chi connectivity index (χ2v) is 5.53. The number of unbranched alkanes of at least 4 members (excludes halogenated alkanes) is 2. The maximum Gasteiger partial charge on any atom is -0.0179 e. The highest BCUT2D eigenvalue weighted by molar-refractivity contribution is 5.65. The Morgan fingerprint density at radius 3 is 1.80 bits per heavy atom. The first-order valence-electron chi connectivity index (χ1n) is 7.92. The van der Waals surface area contributed by atoms with Gasteiger partial charge in [0.05, 0.1) is 0 Å². The second-order valence-electron chi connectivity index (χ2n) is 5.53. The van der Waals surface area contributed by atoms with Crippen LogP contribution < -0.4 is 0 Å². The first-order chi connectivity index (χ1) is 9.83. The molecule has 0 fully saturated rings. The van der Waals surface area contributed by atoms with Gasteiger partial charge in [-0.05, 0) is 54.0 Å². The molecule has 0 aliphatic carbocycles. The number of rotatable bonds is 7. The van der Waals surface area contributed by atoms with E-state index in [9.17, 15) is 0 Å². The van der Waals surface area contributed by atoms with Crippen molar-refractivity contribution in [3.63, 3.8) is 0 Å². The normalized spacial score (nSPS) is 10.7. The first-order valence-corrected chi connectivity index (χ1v) is 7.92. The quantitative estimate of drug-likeness (QED) is 0.590. The van der Waals surface area contributed by atoms with Crippen molar-refractivity contribution in [2.75, 3.05) is 0 Å². The van der Waals surface area contributed by atoms with Crippen LogP contribution in [0.5, 0.6) is 0 Å². The van der Waals surface area contributed by atoms with Crippen LogP contribution in [0.1, 0.15) is 50.7 Å². The summed E-state index contributed by atoms with van der Waals surface area (Å²) in [6.07, 6.45) is 7.47. The van der Waals surface area contributed by atoms with Gasteiger partial charge in [0.2, 0.25) is 0 Å². The van der Waals surface area contributed by atoms with E-state index >= 15 is 0 Å². The smallest absolute Gasteiger partial charge is 0.0179 e. The summed E-state index contributed by atoms with van der Waals surface area (Å²) in [5.74, 6) is 0. The highest BCUT2D eigenvalue weighted by Gasteiger charge is 2.03. The fourth-order valence-electron chi connectivity index (χ4n) is 2.56. The van der Waals surface area contributed by atoms with E-state index in [1.165, 1.54) is 60.8 Å². The van der Waals surface area contributed by atoms with E-state index in [0.717, 1.165) is 0 Å². The average molecular weight is 265 g/mol. The lowest BCUT2D eigenvalue weighted by Crippen LogP contribution is -1.92. The zero-order valence-corrected chi connectivity index (χ0v) is 12.8. The van der Waals surface area contributed by atoms with Crippen molar-refractivity contribution in [1.29, 1.82) is 0 Å². The standard InChI is InChI=1S/C20H25/c1-3-5-10-17-14-18(11-6-4-2)16-20(15-17)19-12-8-7-9-13-19/h8-9,12-16H,3-6,10-11H2,1-2H3. The Bertz CT molecular complexity index is 485. The SMILES string of the molecule is CCCCc1cc(CCCC)cc(-c2cc[c]cc2)c1. The molecule has 2 aromatic rings. The summed E-state index contributed by atoms with van der Waals surface area (Å²) in [5.41, 5.74) is 5.64. The second kappa shape index (κ2) is 7.89. The Labute approximate surface area is 123 Å². The molecule has 20 heavy (non-hydrogen) atoms. The molecule has 2 rings (SSSR count). The molecule has 1 radical (unpaired) electrons. The Morgan fingerprint density at radius 2 is 1.30 bits per heavy atom. The van der Waals surface area contributed by atoms with Gasteiger partial charge in [-0.25, -0.2) is 0 Å². The third kappa shape index (κ3) is 4.23. The van der Waals surface area contributed by atoms with Gasteiger partial charge in [-0.1, -0.05) is 69.2 Å². The summed E-state index contributed by atoms with van der Waals surface area (Å²) >= 11 is 0. The molecule has 0 nitrogen and oxygen atoms in total. The monoisotopic (exact) mass is 265 g/mol. The maximum atomic E-state index is 3.10. The predicted molar refractivity (Wildman–Crippen MR) is 87.9 cm³/mol. The molecule has 0 atom stereocenters. The molecular weight excluding hydrogens is 240 g/mol. The van der Waals surface area contributed by atoms with Gasteiger partial charge in [-0.15, -0.1) is 0 Å². The highest BCUT2D eigenvalue weighted by Crippen LogP contribution is 2.24. The minimum atomic E-state index is 1.20. The van der Waals surface area contributed by atoms with Crippen LogP contribution in [-0.2, 0) is 12.8 Å². The lowest BCUT2D eigenvalue weighted by atomic mass is 9.95. The number of aryl methyl sites for hydroxylation is 2. The summed E-state index contributed by atoms with van der Waals surface area (Å²) < 4.78 is 0. The molecule has 0 aliphatic rings. The van der Waals surface area contributed by atoms with E-state index in [4.69, 9.17) is 0 Å². The zero-order chi connectivity index (χ0) is 14.2. The molecule has 2 aromatic carbocycles. The minimum Gasteiger partial charge on any atom is -0.0654 e. The van der Waals surface area contributed by atoms with E-state index in [0.29, 0.717) is 0 Å². The molecule has 105 valence electrons. The summed E-state index contributed by atoms with van der Waals surface area (Å²) in [6.45, 7) is 4.52. The summed E-state index contributed by atoms with van der Waals surface area (Å²) in [5, 5.41) is 0. The Morgan fingerprint density at radius 1 is 0.750 bits per heavy atom. The van der Waals surface area contributed by atoms with Crippen LogP contribution in [0.3, 0.4) is 0 Å². The van der Waals surface area contributed by atoms with Crippen molar-refractivity contribution < 1.29 is 0 Å².